The van der Waals surface area contributed by atoms with Gasteiger partial charge in [0.25, 0.3) is 0 Å². The van der Waals surface area contributed by atoms with Crippen LogP contribution in [0.15, 0.2) is 0 Å². The molecule has 0 spiro atoms. The van der Waals surface area contributed by atoms with Crippen LogP contribution >= 0.6 is 0 Å². The molecule has 3 heteroatoms. The van der Waals surface area contributed by atoms with E-state index >= 15 is 0 Å². The van der Waals surface area contributed by atoms with Gasteiger partial charge < -0.3 is 0 Å². The topological polar surface area (TPSA) is 26.0 Å². The van der Waals surface area contributed by atoms with Crippen LogP contribution < -0.4 is 25.4 Å². The number of rotatable bonds is 2. The van der Waals surface area contributed by atoms with E-state index in [4.69, 9.17) is 3.95 Å². The van der Waals surface area contributed by atoms with Crippen molar-refractivity contribution in [2.24, 2.45) is 9.36 Å². The molecule has 1 nitrogen and oxygen atoms in total. The Bertz CT molecular complexity index is 122. The molecule has 0 saturated heterocycles. The summed E-state index contributed by atoms with van der Waals surface area (Å²) in [5, 5.41) is 0. The second-order valence-electron chi connectivity index (χ2n) is 3.47. The van der Waals surface area contributed by atoms with Crippen molar-refractivity contribution in [3.8, 4) is 0 Å². The zero-order valence-electron chi connectivity index (χ0n) is 5.16. The summed E-state index contributed by atoms with van der Waals surface area (Å²) < 4.78 is 19.4. The Morgan fingerprint density at radius 1 is 1.44 bits per heavy atom. The molecule has 0 aromatic rings. The van der Waals surface area contributed by atoms with Crippen molar-refractivity contribution in [3.63, 3.8) is 0 Å². The molecule has 0 unspecified atom stereocenters. The Labute approximate surface area is 64.8 Å². The molecule has 3 aliphatic carbocycles. The van der Waals surface area contributed by atoms with Gasteiger partial charge >= 0.3 is 64.6 Å². The van der Waals surface area contributed by atoms with E-state index in [1.165, 1.54) is 0 Å². The van der Waals surface area contributed by atoms with Gasteiger partial charge in [0.2, 0.25) is 0 Å². The molecule has 3 aliphatic rings. The first-order valence-electron chi connectivity index (χ1n) is 3.15. The third kappa shape index (κ3) is 0.738. The Morgan fingerprint density at radius 2 is 2.00 bits per heavy atom. The van der Waals surface area contributed by atoms with Gasteiger partial charge in [0.05, 0.1) is 0 Å². The summed E-state index contributed by atoms with van der Waals surface area (Å²) in [6, 6.07) is 0. The molecule has 2 N–H and O–H groups in total. The minimum absolute atomic E-state index is 0.0890. The Balaban J connectivity index is 1.90. The Morgan fingerprint density at radius 3 is 2.33 bits per heavy atom. The molecule has 0 amide bonds. The standard InChI is InChI=1S/C6H10FIN/c7-6-1-5(2-6,3-6)4-8-9/h1-4,9H2/q-1. The van der Waals surface area contributed by atoms with Crippen LogP contribution in [0.25, 0.3) is 0 Å². The molecule has 0 atom stereocenters. The second-order valence-corrected chi connectivity index (χ2v) is 5.11. The van der Waals surface area contributed by atoms with Crippen molar-refractivity contribution in [1.29, 1.82) is 0 Å². The summed E-state index contributed by atoms with van der Waals surface area (Å²) in [4.78, 5) is 0. The normalized spacial score (nSPS) is 54.4. The summed E-state index contributed by atoms with van der Waals surface area (Å²) in [7, 11) is 0. The molecular weight excluding hydrogens is 232 g/mol. The van der Waals surface area contributed by atoms with Crippen LogP contribution in [0.5, 0.6) is 0 Å². The van der Waals surface area contributed by atoms with Gasteiger partial charge in [-0.15, -0.1) is 0 Å². The van der Waals surface area contributed by atoms with Crippen molar-refractivity contribution in [2.45, 2.75) is 24.9 Å². The number of nitrogens with two attached hydrogens (primary N) is 1. The zero-order valence-corrected chi connectivity index (χ0v) is 7.32. The molecule has 3 saturated carbocycles. The van der Waals surface area contributed by atoms with Crippen LogP contribution in [0.2, 0.25) is 0 Å². The van der Waals surface area contributed by atoms with Gasteiger partial charge in [-0.1, -0.05) is 0 Å². The van der Waals surface area contributed by atoms with E-state index in [9.17, 15) is 4.39 Å². The SMILES string of the molecule is N[I-]CC12CC(F)(C1)C2. The van der Waals surface area contributed by atoms with Crippen molar-refractivity contribution >= 4 is 0 Å². The van der Waals surface area contributed by atoms with Crippen LogP contribution in [-0.4, -0.2) is 10.1 Å². The monoisotopic (exact) mass is 242 g/mol. The fourth-order valence-electron chi connectivity index (χ4n) is 2.17. The molecule has 2 bridgehead atoms. The maximum absolute atomic E-state index is 12.8. The van der Waals surface area contributed by atoms with E-state index < -0.39 is 5.67 Å². The van der Waals surface area contributed by atoms with Crippen molar-refractivity contribution in [3.05, 3.63) is 0 Å². The first kappa shape index (κ1) is 6.34. The van der Waals surface area contributed by atoms with Crippen LogP contribution in [-0.2, 0) is 0 Å². The van der Waals surface area contributed by atoms with E-state index in [-0.39, 0.29) is 21.5 Å². The van der Waals surface area contributed by atoms with Gasteiger partial charge in [0.1, 0.15) is 0 Å². The third-order valence-corrected chi connectivity index (χ3v) is 4.49. The number of halogens is 2. The molecule has 3 fully saturated rings. The van der Waals surface area contributed by atoms with Crippen LogP contribution in [0.1, 0.15) is 19.3 Å². The molecule has 0 heterocycles. The summed E-state index contributed by atoms with van der Waals surface area (Å²) in [5.41, 5.74) is -0.282. The molecular formula is C6H10FIN-. The molecule has 54 valence electrons. The molecule has 9 heavy (non-hydrogen) atoms. The van der Waals surface area contributed by atoms with E-state index in [0.717, 1.165) is 23.7 Å². The van der Waals surface area contributed by atoms with Gasteiger partial charge in [-0.25, -0.2) is 0 Å². The number of alkyl halides is 2. The predicted molar refractivity (Wildman–Crippen MR) is 29.2 cm³/mol. The summed E-state index contributed by atoms with van der Waals surface area (Å²) >= 11 is -0.0890. The number of hydrogen-bond acceptors (Lipinski definition) is 1. The van der Waals surface area contributed by atoms with Gasteiger partial charge in [-0.05, 0) is 0 Å². The molecule has 0 aromatic carbocycles. The first-order chi connectivity index (χ1) is 4.18. The van der Waals surface area contributed by atoms with Crippen molar-refractivity contribution in [1.82, 2.24) is 0 Å². The van der Waals surface area contributed by atoms with Gasteiger partial charge in [-0.3, -0.25) is 0 Å². The summed E-state index contributed by atoms with van der Waals surface area (Å²) in [6.45, 7) is 0. The van der Waals surface area contributed by atoms with Crippen LogP contribution in [0.3, 0.4) is 0 Å². The molecule has 0 radical (unpaired) electrons. The quantitative estimate of drug-likeness (QED) is 0.333. The molecule has 0 aromatic heterocycles. The van der Waals surface area contributed by atoms with Crippen LogP contribution in [0.4, 0.5) is 4.39 Å². The van der Waals surface area contributed by atoms with Crippen molar-refractivity contribution < 1.29 is 25.9 Å². The Kier molecular flexibility index (Phi) is 1.14. The summed E-state index contributed by atoms with van der Waals surface area (Å²) in [6.07, 6.45) is 2.49. The minimum atomic E-state index is -0.709. The van der Waals surface area contributed by atoms with Gasteiger partial charge in [0.15, 0.2) is 0 Å². The Hall–Kier alpha value is 0.620. The van der Waals surface area contributed by atoms with Crippen molar-refractivity contribution in [2.75, 3.05) is 4.43 Å². The van der Waals surface area contributed by atoms with Gasteiger partial charge in [-0.2, -0.15) is 0 Å². The zero-order chi connectivity index (χ0) is 6.54. The molecule has 3 rings (SSSR count). The number of hydrogen-bond donors (Lipinski definition) is 1. The average molecular weight is 242 g/mol. The first-order valence-corrected chi connectivity index (χ1v) is 5.92. The summed E-state index contributed by atoms with van der Waals surface area (Å²) in [5.74, 6) is 0. The maximum atomic E-state index is 12.8. The van der Waals surface area contributed by atoms with E-state index in [1.54, 1.807) is 0 Å². The van der Waals surface area contributed by atoms with E-state index in [2.05, 4.69) is 0 Å². The molecule has 0 aliphatic heterocycles. The fourth-order valence-corrected chi connectivity index (χ4v) is 3.91. The average Bonchev–Trinajstić information content (AvgIpc) is 1.60. The second kappa shape index (κ2) is 1.61. The van der Waals surface area contributed by atoms with Gasteiger partial charge in [0, 0.05) is 0 Å². The van der Waals surface area contributed by atoms with E-state index in [0.29, 0.717) is 5.41 Å². The fraction of sp³-hybridized carbons (Fsp3) is 1.00. The third-order valence-electron chi connectivity index (χ3n) is 2.44. The predicted octanol–water partition coefficient (Wildman–Crippen LogP) is -2.16. The van der Waals surface area contributed by atoms with E-state index in [1.807, 2.05) is 0 Å². The van der Waals surface area contributed by atoms with Crippen LogP contribution in [0, 0.1) is 5.41 Å².